The first-order chi connectivity index (χ1) is 17.9. The molecule has 4 aromatic rings. The maximum absolute atomic E-state index is 15.3. The molecule has 0 atom stereocenters. The van der Waals surface area contributed by atoms with Crippen molar-refractivity contribution in [3.63, 3.8) is 0 Å². The van der Waals surface area contributed by atoms with Gasteiger partial charge in [0, 0.05) is 68.8 Å². The van der Waals surface area contributed by atoms with Gasteiger partial charge < -0.3 is 14.4 Å². The van der Waals surface area contributed by atoms with Crippen molar-refractivity contribution in [3.05, 3.63) is 76.3 Å². The fraction of sp³-hybridized carbons (Fsp3) is 0.370. The van der Waals surface area contributed by atoms with E-state index >= 15 is 4.39 Å². The van der Waals surface area contributed by atoms with Gasteiger partial charge in [-0.2, -0.15) is 0 Å². The predicted octanol–water partition coefficient (Wildman–Crippen LogP) is 4.71. The van der Waals surface area contributed by atoms with E-state index in [4.69, 9.17) is 11.6 Å². The molecule has 1 saturated heterocycles. The first-order valence-electron chi connectivity index (χ1n) is 12.4. The van der Waals surface area contributed by atoms with Gasteiger partial charge in [-0.05, 0) is 42.5 Å². The number of hydrogen-bond donors (Lipinski definition) is 0. The average Bonchev–Trinajstić information content (AvgIpc) is 3.26. The number of aromatic nitrogens is 5. The molecule has 8 nitrogen and oxygen atoms in total. The Kier molecular flexibility index (Phi) is 7.06. The Bertz CT molecular complexity index is 1430. The Balaban J connectivity index is 1.36. The molecule has 1 aliphatic heterocycles. The van der Waals surface area contributed by atoms with E-state index in [1.165, 1.54) is 17.4 Å². The fourth-order valence-electron chi connectivity index (χ4n) is 4.81. The number of halogens is 2. The largest absolute Gasteiger partial charge is 0.345 e. The second-order valence-corrected chi connectivity index (χ2v) is 9.96. The van der Waals surface area contributed by atoms with Crippen LogP contribution in [0.25, 0.3) is 11.0 Å². The number of aryl methyl sites for hydroxylation is 1. The number of anilines is 1. The second kappa shape index (κ2) is 10.4. The van der Waals surface area contributed by atoms with Crippen LogP contribution in [-0.2, 0) is 12.8 Å². The smallest absolute Gasteiger partial charge is 0.253 e. The van der Waals surface area contributed by atoms with Crippen molar-refractivity contribution in [3.8, 4) is 0 Å². The van der Waals surface area contributed by atoms with Gasteiger partial charge in [0.15, 0.2) is 5.82 Å². The standard InChI is InChI=1S/C27H29ClFN7O/c1-4-17-13-30-27(31-14-17)35-9-7-20(8-10-35)36-15-22(29)24-23(32-16-33-25(24)36)12-18-5-6-19(11-21(18)28)26(37)34(2)3/h5-6,11,13-16,20H,4,7-10,12H2,1-3H3. The van der Waals surface area contributed by atoms with Crippen LogP contribution in [-0.4, -0.2) is 62.5 Å². The zero-order valence-electron chi connectivity index (χ0n) is 21.2. The van der Waals surface area contributed by atoms with Crippen LogP contribution in [0.4, 0.5) is 10.3 Å². The van der Waals surface area contributed by atoms with Crippen molar-refractivity contribution in [2.45, 2.75) is 38.6 Å². The number of benzene rings is 1. The highest BCUT2D eigenvalue weighted by atomic mass is 35.5. The summed E-state index contributed by atoms with van der Waals surface area (Å²) in [6, 6.07) is 5.29. The van der Waals surface area contributed by atoms with Gasteiger partial charge in [-0.25, -0.2) is 24.3 Å². The highest BCUT2D eigenvalue weighted by Crippen LogP contribution is 2.32. The SMILES string of the molecule is CCc1cnc(N2CCC(n3cc(F)c4c(Cc5ccc(C(=O)N(C)C)cc5Cl)ncnc43)CC2)nc1. The van der Waals surface area contributed by atoms with E-state index in [9.17, 15) is 4.79 Å². The third kappa shape index (κ3) is 5.00. The van der Waals surface area contributed by atoms with Crippen molar-refractivity contribution in [2.24, 2.45) is 0 Å². The molecule has 37 heavy (non-hydrogen) atoms. The topological polar surface area (TPSA) is 80.0 Å². The summed E-state index contributed by atoms with van der Waals surface area (Å²) in [7, 11) is 3.38. The molecule has 0 bridgehead atoms. The molecule has 1 amide bonds. The summed E-state index contributed by atoms with van der Waals surface area (Å²) >= 11 is 6.50. The molecule has 0 radical (unpaired) electrons. The maximum Gasteiger partial charge on any atom is 0.253 e. The molecule has 0 aliphatic carbocycles. The molecule has 5 rings (SSSR count). The number of carbonyl (C=O) groups excluding carboxylic acids is 1. The molecular formula is C27H29ClFN7O. The van der Waals surface area contributed by atoms with Crippen LogP contribution in [0.1, 0.15) is 53.0 Å². The lowest BCUT2D eigenvalue weighted by Crippen LogP contribution is -2.35. The number of hydrogen-bond acceptors (Lipinski definition) is 6. The molecule has 1 aliphatic rings. The number of piperidine rings is 1. The lowest BCUT2D eigenvalue weighted by atomic mass is 10.0. The zero-order valence-corrected chi connectivity index (χ0v) is 21.9. The van der Waals surface area contributed by atoms with Gasteiger partial charge in [0.1, 0.15) is 12.0 Å². The molecule has 1 aromatic carbocycles. The number of rotatable bonds is 6. The molecule has 10 heteroatoms. The molecule has 0 spiro atoms. The minimum Gasteiger partial charge on any atom is -0.345 e. The minimum absolute atomic E-state index is 0.112. The van der Waals surface area contributed by atoms with Crippen LogP contribution in [0, 0.1) is 5.82 Å². The Hall–Kier alpha value is -3.59. The van der Waals surface area contributed by atoms with Gasteiger partial charge >= 0.3 is 0 Å². The van der Waals surface area contributed by atoms with E-state index in [1.807, 2.05) is 17.0 Å². The number of amides is 1. The van der Waals surface area contributed by atoms with Gasteiger partial charge in [0.05, 0.1) is 11.1 Å². The number of fused-ring (bicyclic) bond motifs is 1. The Morgan fingerprint density at radius 1 is 1.14 bits per heavy atom. The summed E-state index contributed by atoms with van der Waals surface area (Å²) in [5, 5.41) is 0.855. The first-order valence-corrected chi connectivity index (χ1v) is 12.8. The van der Waals surface area contributed by atoms with E-state index in [1.54, 1.807) is 32.3 Å². The van der Waals surface area contributed by atoms with E-state index in [0.717, 1.165) is 49.4 Å². The average molecular weight is 522 g/mol. The van der Waals surface area contributed by atoms with Gasteiger partial charge in [-0.1, -0.05) is 24.6 Å². The highest BCUT2D eigenvalue weighted by molar-refractivity contribution is 6.31. The summed E-state index contributed by atoms with van der Waals surface area (Å²) < 4.78 is 17.2. The molecule has 0 N–H and O–H groups in total. The predicted molar refractivity (Wildman–Crippen MR) is 142 cm³/mol. The summed E-state index contributed by atoms with van der Waals surface area (Å²) in [5.41, 5.74) is 3.54. The highest BCUT2D eigenvalue weighted by Gasteiger charge is 2.26. The van der Waals surface area contributed by atoms with E-state index in [0.29, 0.717) is 33.7 Å². The van der Waals surface area contributed by atoms with Crippen LogP contribution in [0.2, 0.25) is 5.02 Å². The lowest BCUT2D eigenvalue weighted by molar-refractivity contribution is 0.0827. The van der Waals surface area contributed by atoms with E-state index < -0.39 is 0 Å². The summed E-state index contributed by atoms with van der Waals surface area (Å²) in [5.74, 6) is 0.262. The van der Waals surface area contributed by atoms with Gasteiger partial charge in [-0.15, -0.1) is 0 Å². The third-order valence-electron chi connectivity index (χ3n) is 6.95. The molecule has 4 heterocycles. The lowest BCUT2D eigenvalue weighted by Gasteiger charge is -2.32. The number of nitrogens with zero attached hydrogens (tertiary/aromatic N) is 7. The minimum atomic E-state index is -0.345. The van der Waals surface area contributed by atoms with E-state index in [-0.39, 0.29) is 17.8 Å². The number of carbonyl (C=O) groups is 1. The normalized spacial score (nSPS) is 14.4. The van der Waals surface area contributed by atoms with Crippen molar-refractivity contribution in [1.82, 2.24) is 29.4 Å². The Morgan fingerprint density at radius 2 is 1.86 bits per heavy atom. The molecule has 192 valence electrons. The van der Waals surface area contributed by atoms with Crippen LogP contribution in [0.15, 0.2) is 43.1 Å². The molecular weight excluding hydrogens is 493 g/mol. The molecule has 3 aromatic heterocycles. The summed E-state index contributed by atoms with van der Waals surface area (Å²) in [6.07, 6.45) is 9.66. The van der Waals surface area contributed by atoms with Crippen LogP contribution in [0.3, 0.4) is 0 Å². The van der Waals surface area contributed by atoms with Crippen LogP contribution in [0.5, 0.6) is 0 Å². The van der Waals surface area contributed by atoms with Crippen molar-refractivity contribution < 1.29 is 9.18 Å². The van der Waals surface area contributed by atoms with Crippen molar-refractivity contribution >= 4 is 34.5 Å². The summed E-state index contributed by atoms with van der Waals surface area (Å²) in [4.78, 5) is 33.8. The quantitative estimate of drug-likeness (QED) is 0.365. The Morgan fingerprint density at radius 3 is 2.51 bits per heavy atom. The van der Waals surface area contributed by atoms with Crippen LogP contribution >= 0.6 is 11.6 Å². The van der Waals surface area contributed by atoms with Crippen molar-refractivity contribution in [2.75, 3.05) is 32.1 Å². The zero-order chi connectivity index (χ0) is 26.1. The van der Waals surface area contributed by atoms with Crippen LogP contribution < -0.4 is 4.90 Å². The Labute approximate surface area is 220 Å². The summed E-state index contributed by atoms with van der Waals surface area (Å²) in [6.45, 7) is 3.64. The first kappa shape index (κ1) is 25.1. The van der Waals surface area contributed by atoms with Crippen molar-refractivity contribution in [1.29, 1.82) is 0 Å². The van der Waals surface area contributed by atoms with Gasteiger partial charge in [-0.3, -0.25) is 4.79 Å². The molecule has 0 saturated carbocycles. The maximum atomic E-state index is 15.3. The van der Waals surface area contributed by atoms with Gasteiger partial charge in [0.25, 0.3) is 5.91 Å². The monoisotopic (exact) mass is 521 g/mol. The molecule has 1 fully saturated rings. The molecule has 0 unspecified atom stereocenters. The van der Waals surface area contributed by atoms with Gasteiger partial charge in [0.2, 0.25) is 5.95 Å². The third-order valence-corrected chi connectivity index (χ3v) is 7.30. The second-order valence-electron chi connectivity index (χ2n) is 9.55. The van der Waals surface area contributed by atoms with E-state index in [2.05, 4.69) is 31.8 Å². The fourth-order valence-corrected chi connectivity index (χ4v) is 5.06.